The molecule has 1 atom stereocenters. The van der Waals surface area contributed by atoms with Crippen molar-refractivity contribution in [2.45, 2.75) is 46.6 Å². The predicted octanol–water partition coefficient (Wildman–Crippen LogP) is 1.01. The molecule has 0 aliphatic heterocycles. The third-order valence-corrected chi connectivity index (χ3v) is 3.01. The zero-order chi connectivity index (χ0) is 13.9. The van der Waals surface area contributed by atoms with E-state index in [1.807, 2.05) is 0 Å². The first-order valence-corrected chi connectivity index (χ1v) is 5.71. The molecule has 5 nitrogen and oxygen atoms in total. The van der Waals surface area contributed by atoms with Gasteiger partial charge < -0.3 is 15.5 Å². The molecule has 0 saturated carbocycles. The lowest BCUT2D eigenvalue weighted by atomic mass is 9.76. The fourth-order valence-corrected chi connectivity index (χ4v) is 1.24. The van der Waals surface area contributed by atoms with E-state index in [2.05, 4.69) is 5.32 Å². The molecule has 17 heavy (non-hydrogen) atoms. The standard InChI is InChI=1S/C12H23NO4/c1-8(2)12(5,10(15)16)6-9(14)13-7-11(3,4)17/h8,17H,6-7H2,1-5H3,(H,13,14)(H,15,16). The maximum atomic E-state index is 11.6. The van der Waals surface area contributed by atoms with E-state index in [1.54, 1.807) is 34.6 Å². The first-order valence-electron chi connectivity index (χ1n) is 5.71. The van der Waals surface area contributed by atoms with Gasteiger partial charge in [0.15, 0.2) is 0 Å². The van der Waals surface area contributed by atoms with Gasteiger partial charge in [0, 0.05) is 13.0 Å². The third kappa shape index (κ3) is 5.17. The fourth-order valence-electron chi connectivity index (χ4n) is 1.24. The van der Waals surface area contributed by atoms with Crippen molar-refractivity contribution >= 4 is 11.9 Å². The van der Waals surface area contributed by atoms with E-state index in [1.165, 1.54) is 0 Å². The van der Waals surface area contributed by atoms with Gasteiger partial charge in [0.25, 0.3) is 0 Å². The number of nitrogens with one attached hydrogen (secondary N) is 1. The normalized spacial score (nSPS) is 15.5. The van der Waals surface area contributed by atoms with Crippen molar-refractivity contribution in [3.8, 4) is 0 Å². The molecular weight excluding hydrogens is 222 g/mol. The van der Waals surface area contributed by atoms with Crippen molar-refractivity contribution in [3.63, 3.8) is 0 Å². The molecule has 100 valence electrons. The van der Waals surface area contributed by atoms with Crippen molar-refractivity contribution in [2.75, 3.05) is 6.54 Å². The number of hydrogen-bond donors (Lipinski definition) is 3. The Labute approximate surface area is 102 Å². The summed E-state index contributed by atoms with van der Waals surface area (Å²) in [6.07, 6.45) is -0.0872. The Hall–Kier alpha value is -1.10. The predicted molar refractivity (Wildman–Crippen MR) is 64.5 cm³/mol. The van der Waals surface area contributed by atoms with E-state index in [-0.39, 0.29) is 24.8 Å². The largest absolute Gasteiger partial charge is 0.481 e. The molecule has 0 aromatic carbocycles. The van der Waals surface area contributed by atoms with Crippen LogP contribution in [0.25, 0.3) is 0 Å². The van der Waals surface area contributed by atoms with Crippen molar-refractivity contribution in [3.05, 3.63) is 0 Å². The SMILES string of the molecule is CC(C)C(C)(CC(=O)NCC(C)(C)O)C(=O)O. The Morgan fingerprint density at radius 3 is 2.00 bits per heavy atom. The molecule has 0 rings (SSSR count). The van der Waals surface area contributed by atoms with Crippen LogP contribution in [0.3, 0.4) is 0 Å². The molecule has 3 N–H and O–H groups in total. The number of aliphatic hydroxyl groups is 1. The van der Waals surface area contributed by atoms with Crippen LogP contribution in [0.2, 0.25) is 0 Å². The van der Waals surface area contributed by atoms with Gasteiger partial charge in [-0.3, -0.25) is 9.59 Å². The van der Waals surface area contributed by atoms with Gasteiger partial charge in [-0.25, -0.2) is 0 Å². The van der Waals surface area contributed by atoms with E-state index in [4.69, 9.17) is 5.11 Å². The number of hydrogen-bond acceptors (Lipinski definition) is 3. The quantitative estimate of drug-likeness (QED) is 0.652. The van der Waals surface area contributed by atoms with E-state index in [0.29, 0.717) is 0 Å². The highest BCUT2D eigenvalue weighted by atomic mass is 16.4. The van der Waals surface area contributed by atoms with Crippen LogP contribution < -0.4 is 5.32 Å². The summed E-state index contributed by atoms with van der Waals surface area (Å²) in [7, 11) is 0. The third-order valence-electron chi connectivity index (χ3n) is 3.01. The molecule has 0 saturated heterocycles. The van der Waals surface area contributed by atoms with Gasteiger partial charge in [0.1, 0.15) is 0 Å². The molecule has 0 aliphatic carbocycles. The molecule has 5 heteroatoms. The summed E-state index contributed by atoms with van der Waals surface area (Å²) in [5.41, 5.74) is -2.07. The van der Waals surface area contributed by atoms with Crippen LogP contribution in [0.15, 0.2) is 0 Å². The zero-order valence-corrected chi connectivity index (χ0v) is 11.2. The van der Waals surface area contributed by atoms with Crippen LogP contribution >= 0.6 is 0 Å². The van der Waals surface area contributed by atoms with Gasteiger partial charge in [-0.1, -0.05) is 13.8 Å². The first kappa shape index (κ1) is 15.9. The van der Waals surface area contributed by atoms with Crippen molar-refractivity contribution in [1.29, 1.82) is 0 Å². The summed E-state index contributed by atoms with van der Waals surface area (Å²) < 4.78 is 0. The highest BCUT2D eigenvalue weighted by Crippen LogP contribution is 2.31. The maximum Gasteiger partial charge on any atom is 0.310 e. The molecule has 0 aromatic heterocycles. The van der Waals surface area contributed by atoms with Gasteiger partial charge >= 0.3 is 5.97 Å². The number of carbonyl (C=O) groups excluding carboxylic acids is 1. The second-order valence-electron chi connectivity index (χ2n) is 5.64. The second-order valence-corrected chi connectivity index (χ2v) is 5.64. The minimum absolute atomic E-state index is 0.0872. The van der Waals surface area contributed by atoms with E-state index < -0.39 is 17.0 Å². The van der Waals surface area contributed by atoms with Crippen molar-refractivity contribution in [2.24, 2.45) is 11.3 Å². The molecule has 0 spiro atoms. The van der Waals surface area contributed by atoms with Gasteiger partial charge in [-0.2, -0.15) is 0 Å². The summed E-state index contributed by atoms with van der Waals surface area (Å²) in [6.45, 7) is 8.37. The number of amides is 1. The molecule has 0 heterocycles. The zero-order valence-electron chi connectivity index (χ0n) is 11.2. The fraction of sp³-hybridized carbons (Fsp3) is 0.833. The Kier molecular flexibility index (Phi) is 5.13. The van der Waals surface area contributed by atoms with Crippen LogP contribution in [0.5, 0.6) is 0 Å². The van der Waals surface area contributed by atoms with Crippen LogP contribution in [0.4, 0.5) is 0 Å². The topological polar surface area (TPSA) is 86.6 Å². The first-order chi connectivity index (χ1) is 7.49. The number of carbonyl (C=O) groups is 2. The van der Waals surface area contributed by atoms with E-state index >= 15 is 0 Å². The highest BCUT2D eigenvalue weighted by Gasteiger charge is 2.38. The van der Waals surface area contributed by atoms with Gasteiger partial charge in [-0.15, -0.1) is 0 Å². The summed E-state index contributed by atoms with van der Waals surface area (Å²) >= 11 is 0. The van der Waals surface area contributed by atoms with Gasteiger partial charge in [0.2, 0.25) is 5.91 Å². The van der Waals surface area contributed by atoms with Crippen LogP contribution in [0, 0.1) is 11.3 Å². The lowest BCUT2D eigenvalue weighted by Crippen LogP contribution is -2.43. The summed E-state index contributed by atoms with van der Waals surface area (Å²) in [5, 5.41) is 21.1. The number of rotatable bonds is 6. The van der Waals surface area contributed by atoms with E-state index in [9.17, 15) is 14.7 Å². The smallest absolute Gasteiger partial charge is 0.310 e. The lowest BCUT2D eigenvalue weighted by molar-refractivity contribution is -0.153. The van der Waals surface area contributed by atoms with Gasteiger partial charge in [-0.05, 0) is 26.7 Å². The molecule has 1 amide bonds. The Balaban J connectivity index is 4.49. The maximum absolute atomic E-state index is 11.6. The van der Waals surface area contributed by atoms with Crippen LogP contribution in [0.1, 0.15) is 41.0 Å². The average Bonchev–Trinajstić information content (AvgIpc) is 2.12. The molecule has 0 aliphatic rings. The van der Waals surface area contributed by atoms with Crippen molar-refractivity contribution < 1.29 is 19.8 Å². The summed E-state index contributed by atoms with van der Waals surface area (Å²) in [4.78, 5) is 22.8. The molecular formula is C12H23NO4. The number of carboxylic acids is 1. The molecule has 0 fully saturated rings. The minimum atomic E-state index is -1.08. The highest BCUT2D eigenvalue weighted by molar-refractivity contribution is 5.84. The van der Waals surface area contributed by atoms with Crippen LogP contribution in [-0.2, 0) is 9.59 Å². The minimum Gasteiger partial charge on any atom is -0.481 e. The Bertz CT molecular complexity index is 293. The second kappa shape index (κ2) is 5.49. The lowest BCUT2D eigenvalue weighted by Gasteiger charge is -2.28. The van der Waals surface area contributed by atoms with Crippen molar-refractivity contribution in [1.82, 2.24) is 5.32 Å². The Morgan fingerprint density at radius 1 is 1.24 bits per heavy atom. The van der Waals surface area contributed by atoms with Crippen LogP contribution in [-0.4, -0.2) is 34.2 Å². The molecule has 1 unspecified atom stereocenters. The Morgan fingerprint density at radius 2 is 1.71 bits per heavy atom. The molecule has 0 aromatic rings. The average molecular weight is 245 g/mol. The summed E-state index contributed by atoms with van der Waals surface area (Å²) in [5.74, 6) is -1.48. The molecule has 0 bridgehead atoms. The monoisotopic (exact) mass is 245 g/mol. The number of carboxylic acid groups (broad SMARTS) is 1. The van der Waals surface area contributed by atoms with E-state index in [0.717, 1.165) is 0 Å². The molecule has 0 radical (unpaired) electrons. The summed E-state index contributed by atoms with van der Waals surface area (Å²) in [6, 6.07) is 0. The van der Waals surface area contributed by atoms with Gasteiger partial charge in [0.05, 0.1) is 11.0 Å². The number of aliphatic carboxylic acids is 1.